The van der Waals surface area contributed by atoms with Crippen LogP contribution in [-0.2, 0) is 7.05 Å². The molecule has 1 heterocycles. The van der Waals surface area contributed by atoms with Crippen molar-refractivity contribution in [2.75, 3.05) is 0 Å². The summed E-state index contributed by atoms with van der Waals surface area (Å²) >= 11 is 0. The van der Waals surface area contributed by atoms with Gasteiger partial charge in [0.2, 0.25) is 0 Å². The van der Waals surface area contributed by atoms with Crippen molar-refractivity contribution >= 4 is 0 Å². The summed E-state index contributed by atoms with van der Waals surface area (Å²) in [5, 5.41) is 14.6. The van der Waals surface area contributed by atoms with Crippen LogP contribution in [0.1, 0.15) is 81.3 Å². The average molecular weight is 266 g/mol. The Morgan fingerprint density at radius 2 is 1.63 bits per heavy atom. The van der Waals surface area contributed by atoms with Crippen molar-refractivity contribution in [3.05, 3.63) is 17.0 Å². The first-order valence-electron chi connectivity index (χ1n) is 7.76. The third kappa shape index (κ3) is 4.98. The van der Waals surface area contributed by atoms with Crippen LogP contribution in [0.3, 0.4) is 0 Å². The SMILES string of the molecule is CCCCCCCCCC(O)c1c(C)nn(C)c1C. The van der Waals surface area contributed by atoms with Gasteiger partial charge in [-0.05, 0) is 20.3 Å². The van der Waals surface area contributed by atoms with Gasteiger partial charge in [0.05, 0.1) is 11.8 Å². The van der Waals surface area contributed by atoms with Crippen molar-refractivity contribution in [3.8, 4) is 0 Å². The Morgan fingerprint density at radius 3 is 2.16 bits per heavy atom. The summed E-state index contributed by atoms with van der Waals surface area (Å²) in [6, 6.07) is 0. The van der Waals surface area contributed by atoms with E-state index in [-0.39, 0.29) is 6.10 Å². The minimum atomic E-state index is -0.343. The van der Waals surface area contributed by atoms with E-state index in [1.807, 2.05) is 25.6 Å². The summed E-state index contributed by atoms with van der Waals surface area (Å²) in [5.74, 6) is 0. The molecule has 0 fully saturated rings. The van der Waals surface area contributed by atoms with E-state index in [0.717, 1.165) is 29.8 Å². The number of aromatic nitrogens is 2. The summed E-state index contributed by atoms with van der Waals surface area (Å²) in [7, 11) is 1.94. The predicted octanol–water partition coefficient (Wildman–Crippen LogP) is 4.21. The zero-order valence-corrected chi connectivity index (χ0v) is 13.1. The van der Waals surface area contributed by atoms with Crippen molar-refractivity contribution in [2.45, 2.75) is 78.2 Å². The molecule has 0 aromatic carbocycles. The number of hydrogen-bond acceptors (Lipinski definition) is 2. The maximum absolute atomic E-state index is 10.3. The van der Waals surface area contributed by atoms with E-state index >= 15 is 0 Å². The number of hydrogen-bond donors (Lipinski definition) is 1. The minimum Gasteiger partial charge on any atom is -0.388 e. The summed E-state index contributed by atoms with van der Waals surface area (Å²) in [4.78, 5) is 0. The van der Waals surface area contributed by atoms with Crippen LogP contribution in [-0.4, -0.2) is 14.9 Å². The number of aliphatic hydroxyl groups excluding tert-OH is 1. The first-order chi connectivity index (χ1) is 9.07. The summed E-state index contributed by atoms with van der Waals surface area (Å²) in [5.41, 5.74) is 3.09. The lowest BCUT2D eigenvalue weighted by Crippen LogP contribution is -2.01. The number of unbranched alkanes of at least 4 members (excludes halogenated alkanes) is 6. The first-order valence-corrected chi connectivity index (χ1v) is 7.76. The molecule has 0 spiro atoms. The van der Waals surface area contributed by atoms with Gasteiger partial charge in [-0.2, -0.15) is 5.10 Å². The van der Waals surface area contributed by atoms with Gasteiger partial charge < -0.3 is 5.11 Å². The molecule has 1 atom stereocenters. The third-order valence-electron chi connectivity index (χ3n) is 3.98. The van der Waals surface area contributed by atoms with Gasteiger partial charge in [0.1, 0.15) is 0 Å². The molecule has 1 unspecified atom stereocenters. The van der Waals surface area contributed by atoms with Crippen LogP contribution < -0.4 is 0 Å². The number of nitrogens with zero attached hydrogens (tertiary/aromatic N) is 2. The van der Waals surface area contributed by atoms with Gasteiger partial charge in [-0.3, -0.25) is 4.68 Å². The number of aryl methyl sites for hydroxylation is 2. The molecule has 0 amide bonds. The van der Waals surface area contributed by atoms with Crippen LogP contribution >= 0.6 is 0 Å². The van der Waals surface area contributed by atoms with Gasteiger partial charge in [0.25, 0.3) is 0 Å². The van der Waals surface area contributed by atoms with E-state index < -0.39 is 0 Å². The van der Waals surface area contributed by atoms with Gasteiger partial charge >= 0.3 is 0 Å². The molecule has 0 radical (unpaired) electrons. The van der Waals surface area contributed by atoms with Crippen LogP contribution in [0.25, 0.3) is 0 Å². The van der Waals surface area contributed by atoms with Crippen molar-refractivity contribution in [2.24, 2.45) is 7.05 Å². The Kier molecular flexibility index (Phi) is 7.14. The van der Waals surface area contributed by atoms with Crippen LogP contribution in [0, 0.1) is 13.8 Å². The van der Waals surface area contributed by atoms with Crippen LogP contribution in [0.5, 0.6) is 0 Å². The fourth-order valence-electron chi connectivity index (χ4n) is 2.71. The molecule has 1 N–H and O–H groups in total. The van der Waals surface area contributed by atoms with Gasteiger partial charge in [-0.15, -0.1) is 0 Å². The lowest BCUT2D eigenvalue weighted by molar-refractivity contribution is 0.162. The lowest BCUT2D eigenvalue weighted by Gasteiger charge is -2.11. The van der Waals surface area contributed by atoms with E-state index in [4.69, 9.17) is 0 Å². The Bertz CT molecular complexity index is 371. The normalized spacial score (nSPS) is 12.9. The van der Waals surface area contributed by atoms with Crippen LogP contribution in [0.15, 0.2) is 0 Å². The Balaban J connectivity index is 2.26. The molecule has 0 aliphatic rings. The second-order valence-electron chi connectivity index (χ2n) is 5.63. The van der Waals surface area contributed by atoms with Gasteiger partial charge in [0, 0.05) is 18.3 Å². The second-order valence-corrected chi connectivity index (χ2v) is 5.63. The van der Waals surface area contributed by atoms with Gasteiger partial charge in [-0.25, -0.2) is 0 Å². The fraction of sp³-hybridized carbons (Fsp3) is 0.812. The molecule has 3 heteroatoms. The largest absolute Gasteiger partial charge is 0.388 e. The van der Waals surface area contributed by atoms with Gasteiger partial charge in [-0.1, -0.05) is 51.9 Å². The average Bonchev–Trinajstić information content (AvgIpc) is 2.62. The molecule has 0 aliphatic heterocycles. The lowest BCUT2D eigenvalue weighted by atomic mass is 10.0. The quantitative estimate of drug-likeness (QED) is 0.680. The van der Waals surface area contributed by atoms with Gasteiger partial charge in [0.15, 0.2) is 0 Å². The van der Waals surface area contributed by atoms with Crippen molar-refractivity contribution < 1.29 is 5.11 Å². The number of rotatable bonds is 9. The van der Waals surface area contributed by atoms with Crippen molar-refractivity contribution in [1.29, 1.82) is 0 Å². The topological polar surface area (TPSA) is 38.1 Å². The maximum atomic E-state index is 10.3. The summed E-state index contributed by atoms with van der Waals surface area (Å²) in [6.07, 6.45) is 9.53. The summed E-state index contributed by atoms with van der Waals surface area (Å²) < 4.78 is 1.86. The first kappa shape index (κ1) is 16.2. The molecule has 0 bridgehead atoms. The molecule has 1 aromatic rings. The molecule has 0 saturated carbocycles. The Morgan fingerprint density at radius 1 is 1.05 bits per heavy atom. The second kappa shape index (κ2) is 8.36. The molecular formula is C16H30N2O. The third-order valence-corrected chi connectivity index (χ3v) is 3.98. The molecular weight excluding hydrogens is 236 g/mol. The molecule has 1 rings (SSSR count). The van der Waals surface area contributed by atoms with E-state index in [0.29, 0.717) is 0 Å². The smallest absolute Gasteiger partial charge is 0.0825 e. The van der Waals surface area contributed by atoms with Crippen molar-refractivity contribution in [1.82, 2.24) is 9.78 Å². The van der Waals surface area contributed by atoms with E-state index in [1.165, 1.54) is 38.5 Å². The zero-order valence-electron chi connectivity index (χ0n) is 13.1. The highest BCUT2D eigenvalue weighted by Gasteiger charge is 2.17. The zero-order chi connectivity index (χ0) is 14.3. The highest BCUT2D eigenvalue weighted by atomic mass is 16.3. The molecule has 0 saturated heterocycles. The molecule has 0 aliphatic carbocycles. The Hall–Kier alpha value is -0.830. The maximum Gasteiger partial charge on any atom is 0.0825 e. The predicted molar refractivity (Wildman–Crippen MR) is 80.3 cm³/mol. The van der Waals surface area contributed by atoms with E-state index in [1.54, 1.807) is 0 Å². The fourth-order valence-corrected chi connectivity index (χ4v) is 2.71. The monoisotopic (exact) mass is 266 g/mol. The Labute approximate surface area is 118 Å². The highest BCUT2D eigenvalue weighted by Crippen LogP contribution is 2.25. The van der Waals surface area contributed by atoms with Crippen LogP contribution in [0.4, 0.5) is 0 Å². The molecule has 3 nitrogen and oxygen atoms in total. The number of aliphatic hydroxyl groups is 1. The van der Waals surface area contributed by atoms with Crippen LogP contribution in [0.2, 0.25) is 0 Å². The molecule has 1 aromatic heterocycles. The van der Waals surface area contributed by atoms with Crippen molar-refractivity contribution in [3.63, 3.8) is 0 Å². The minimum absolute atomic E-state index is 0.343. The standard InChI is InChI=1S/C16H30N2O/c1-5-6-7-8-9-10-11-12-15(19)16-13(2)17-18(4)14(16)3/h15,19H,5-12H2,1-4H3. The molecule has 19 heavy (non-hydrogen) atoms. The molecule has 110 valence electrons. The van der Waals surface area contributed by atoms with E-state index in [9.17, 15) is 5.11 Å². The highest BCUT2D eigenvalue weighted by molar-refractivity contribution is 5.26. The van der Waals surface area contributed by atoms with E-state index in [2.05, 4.69) is 12.0 Å². The summed E-state index contributed by atoms with van der Waals surface area (Å²) in [6.45, 7) is 6.26.